The van der Waals surface area contributed by atoms with Crippen molar-refractivity contribution in [2.45, 2.75) is 19.3 Å². The van der Waals surface area contributed by atoms with Crippen LogP contribution in [0, 0.1) is 0 Å². The number of carbonyl (C=O) groups is 1. The molecule has 0 bridgehead atoms. The highest BCUT2D eigenvalue weighted by Crippen LogP contribution is 2.38. The van der Waals surface area contributed by atoms with E-state index in [0.29, 0.717) is 29.4 Å². The smallest absolute Gasteiger partial charge is 0.231 e. The highest BCUT2D eigenvalue weighted by atomic mass is 16.7. The predicted octanol–water partition coefficient (Wildman–Crippen LogP) is 4.18. The number of ketones is 1. The zero-order chi connectivity index (χ0) is 19.2. The molecular formula is C23H25NO4. The first-order chi connectivity index (χ1) is 13.8. The molecule has 2 aliphatic rings. The summed E-state index contributed by atoms with van der Waals surface area (Å²) in [5.74, 6) is 1.63. The average molecular weight is 379 g/mol. The van der Waals surface area contributed by atoms with E-state index in [2.05, 4.69) is 4.90 Å². The maximum atomic E-state index is 12.8. The molecule has 2 aromatic rings. The van der Waals surface area contributed by atoms with E-state index >= 15 is 0 Å². The van der Waals surface area contributed by atoms with Crippen LogP contribution in [0.15, 0.2) is 48.5 Å². The molecule has 4 rings (SSSR count). The van der Waals surface area contributed by atoms with E-state index < -0.39 is 0 Å². The van der Waals surface area contributed by atoms with Crippen LogP contribution in [-0.2, 0) is 0 Å². The minimum absolute atomic E-state index is 0.116. The van der Waals surface area contributed by atoms with Gasteiger partial charge in [0.25, 0.3) is 0 Å². The fraction of sp³-hybridized carbons (Fsp3) is 0.348. The third-order valence-corrected chi connectivity index (χ3v) is 5.08. The molecule has 0 saturated carbocycles. The summed E-state index contributed by atoms with van der Waals surface area (Å²) in [6.07, 6.45) is 7.19. The second-order valence-corrected chi connectivity index (χ2v) is 7.06. The Kier molecular flexibility index (Phi) is 5.92. The van der Waals surface area contributed by atoms with Crippen molar-refractivity contribution in [3.63, 3.8) is 0 Å². The summed E-state index contributed by atoms with van der Waals surface area (Å²) < 4.78 is 16.9. The van der Waals surface area contributed by atoms with Crippen molar-refractivity contribution in [1.82, 2.24) is 4.90 Å². The monoisotopic (exact) mass is 379 g/mol. The van der Waals surface area contributed by atoms with Gasteiger partial charge in [-0.25, -0.2) is 0 Å². The molecule has 28 heavy (non-hydrogen) atoms. The van der Waals surface area contributed by atoms with Gasteiger partial charge in [-0.3, -0.25) is 9.69 Å². The van der Waals surface area contributed by atoms with E-state index in [0.717, 1.165) is 25.2 Å². The molecule has 0 atom stereocenters. The third kappa shape index (κ3) is 4.54. The normalized spacial score (nSPS) is 16.4. The highest BCUT2D eigenvalue weighted by molar-refractivity contribution is 6.09. The van der Waals surface area contributed by atoms with Crippen LogP contribution in [0.3, 0.4) is 0 Å². The first-order valence-electron chi connectivity index (χ1n) is 9.86. The Hall–Kier alpha value is -2.79. The number of carbonyl (C=O) groups excluding carboxylic acids is 1. The molecule has 0 radical (unpaired) electrons. The number of likely N-dealkylation sites (tertiary alicyclic amines) is 1. The number of allylic oxidation sites excluding steroid dienone is 1. The SMILES string of the molecule is O=C(/C=C/c1ccccc1)c1cc2c(cc1OCCN1CCCCC1)OCO2. The maximum absolute atomic E-state index is 12.8. The average Bonchev–Trinajstić information content (AvgIpc) is 3.20. The van der Waals surface area contributed by atoms with Gasteiger partial charge in [0.05, 0.1) is 5.56 Å². The van der Waals surface area contributed by atoms with Crippen LogP contribution in [0.1, 0.15) is 35.2 Å². The lowest BCUT2D eigenvalue weighted by Crippen LogP contribution is -2.33. The standard InChI is InChI=1S/C23H25NO4/c25-20(10-9-18-7-3-1-4-8-18)19-15-22-23(28-17-27-22)16-21(19)26-14-13-24-11-5-2-6-12-24/h1,3-4,7-10,15-16H,2,5-6,11-14,17H2/b10-9+. The van der Waals surface area contributed by atoms with E-state index in [4.69, 9.17) is 14.2 Å². The number of benzene rings is 2. The van der Waals surface area contributed by atoms with Gasteiger partial charge >= 0.3 is 0 Å². The Morgan fingerprint density at radius 2 is 1.79 bits per heavy atom. The van der Waals surface area contributed by atoms with Crippen molar-refractivity contribution < 1.29 is 19.0 Å². The summed E-state index contributed by atoms with van der Waals surface area (Å²) in [4.78, 5) is 15.2. The lowest BCUT2D eigenvalue weighted by Gasteiger charge is -2.26. The van der Waals surface area contributed by atoms with Crippen molar-refractivity contribution in [2.24, 2.45) is 0 Å². The molecule has 2 aromatic carbocycles. The fourth-order valence-corrected chi connectivity index (χ4v) is 3.53. The van der Waals surface area contributed by atoms with Crippen LogP contribution in [-0.4, -0.2) is 43.7 Å². The van der Waals surface area contributed by atoms with Gasteiger partial charge in [0.2, 0.25) is 6.79 Å². The molecule has 0 aromatic heterocycles. The number of piperidine rings is 1. The molecule has 146 valence electrons. The summed E-state index contributed by atoms with van der Waals surface area (Å²) in [6, 6.07) is 13.2. The zero-order valence-corrected chi connectivity index (χ0v) is 15.9. The summed E-state index contributed by atoms with van der Waals surface area (Å²) in [5.41, 5.74) is 1.47. The fourth-order valence-electron chi connectivity index (χ4n) is 3.53. The molecule has 2 heterocycles. The van der Waals surface area contributed by atoms with Crippen molar-refractivity contribution >= 4 is 11.9 Å². The van der Waals surface area contributed by atoms with Crippen molar-refractivity contribution in [1.29, 1.82) is 0 Å². The first-order valence-corrected chi connectivity index (χ1v) is 9.86. The second kappa shape index (κ2) is 8.93. The first kappa shape index (κ1) is 18.6. The minimum atomic E-state index is -0.116. The Morgan fingerprint density at radius 3 is 2.57 bits per heavy atom. The van der Waals surface area contributed by atoms with E-state index in [1.807, 2.05) is 36.4 Å². The lowest BCUT2D eigenvalue weighted by molar-refractivity contribution is 0.104. The Balaban J connectivity index is 1.48. The van der Waals surface area contributed by atoms with E-state index in [1.165, 1.54) is 19.3 Å². The van der Waals surface area contributed by atoms with Gasteiger partial charge < -0.3 is 14.2 Å². The summed E-state index contributed by atoms with van der Waals surface area (Å²) in [5, 5.41) is 0. The van der Waals surface area contributed by atoms with Crippen molar-refractivity contribution in [2.75, 3.05) is 33.0 Å². The molecule has 1 saturated heterocycles. The van der Waals surface area contributed by atoms with Gasteiger partial charge in [-0.05, 0) is 43.6 Å². The molecule has 2 aliphatic heterocycles. The quantitative estimate of drug-likeness (QED) is 0.534. The molecule has 0 amide bonds. The molecule has 0 aliphatic carbocycles. The molecule has 0 unspecified atom stereocenters. The number of ether oxygens (including phenoxy) is 3. The third-order valence-electron chi connectivity index (χ3n) is 5.08. The Bertz CT molecular complexity index is 841. The highest BCUT2D eigenvalue weighted by Gasteiger charge is 2.21. The molecule has 0 N–H and O–H groups in total. The van der Waals surface area contributed by atoms with Crippen LogP contribution in [0.4, 0.5) is 0 Å². The van der Waals surface area contributed by atoms with Gasteiger partial charge in [-0.15, -0.1) is 0 Å². The number of hydrogen-bond acceptors (Lipinski definition) is 5. The zero-order valence-electron chi connectivity index (χ0n) is 15.9. The Labute approximate surface area is 165 Å². The van der Waals surface area contributed by atoms with Crippen LogP contribution in [0.2, 0.25) is 0 Å². The van der Waals surface area contributed by atoms with Gasteiger partial charge in [-0.1, -0.05) is 42.8 Å². The van der Waals surface area contributed by atoms with Gasteiger partial charge in [0.1, 0.15) is 12.4 Å². The van der Waals surface area contributed by atoms with Gasteiger partial charge in [0, 0.05) is 12.6 Å². The predicted molar refractivity (Wildman–Crippen MR) is 108 cm³/mol. The summed E-state index contributed by atoms with van der Waals surface area (Å²) in [6.45, 7) is 3.82. The van der Waals surface area contributed by atoms with E-state index in [1.54, 1.807) is 18.2 Å². The molecule has 1 fully saturated rings. The number of fused-ring (bicyclic) bond motifs is 1. The molecule has 5 nitrogen and oxygen atoms in total. The molecule has 0 spiro atoms. The largest absolute Gasteiger partial charge is 0.491 e. The van der Waals surface area contributed by atoms with E-state index in [-0.39, 0.29) is 12.6 Å². The van der Waals surface area contributed by atoms with Crippen LogP contribution < -0.4 is 14.2 Å². The van der Waals surface area contributed by atoms with Crippen LogP contribution in [0.25, 0.3) is 6.08 Å². The summed E-state index contributed by atoms with van der Waals surface area (Å²) >= 11 is 0. The van der Waals surface area contributed by atoms with Gasteiger partial charge in [-0.2, -0.15) is 0 Å². The van der Waals surface area contributed by atoms with Crippen molar-refractivity contribution in [3.05, 3.63) is 59.7 Å². The minimum Gasteiger partial charge on any atom is -0.491 e. The Morgan fingerprint density at radius 1 is 1.04 bits per heavy atom. The van der Waals surface area contributed by atoms with Crippen LogP contribution in [0.5, 0.6) is 17.2 Å². The van der Waals surface area contributed by atoms with Crippen LogP contribution >= 0.6 is 0 Å². The molecule has 5 heteroatoms. The number of hydrogen-bond donors (Lipinski definition) is 0. The lowest BCUT2D eigenvalue weighted by atomic mass is 10.1. The second-order valence-electron chi connectivity index (χ2n) is 7.06. The number of rotatable bonds is 7. The maximum Gasteiger partial charge on any atom is 0.231 e. The van der Waals surface area contributed by atoms with Gasteiger partial charge in [0.15, 0.2) is 17.3 Å². The summed E-state index contributed by atoms with van der Waals surface area (Å²) in [7, 11) is 0. The van der Waals surface area contributed by atoms with E-state index in [9.17, 15) is 4.79 Å². The number of nitrogens with zero attached hydrogens (tertiary/aromatic N) is 1. The van der Waals surface area contributed by atoms with Crippen molar-refractivity contribution in [3.8, 4) is 17.2 Å². The topological polar surface area (TPSA) is 48.0 Å². The molecular weight excluding hydrogens is 354 g/mol.